The molecule has 2 saturated heterocycles. The molecule has 2 aromatic rings. The van der Waals surface area contributed by atoms with Gasteiger partial charge in [-0.05, 0) is 25.5 Å². The van der Waals surface area contributed by atoms with Crippen LogP contribution in [0, 0.1) is 6.92 Å². The second-order valence-corrected chi connectivity index (χ2v) is 8.45. The molecule has 0 spiro atoms. The molecule has 0 bridgehead atoms. The number of hydrogen-bond acceptors (Lipinski definition) is 4. The predicted molar refractivity (Wildman–Crippen MR) is 120 cm³/mol. The lowest BCUT2D eigenvalue weighted by Gasteiger charge is -2.48. The van der Waals surface area contributed by atoms with E-state index in [1.165, 1.54) is 0 Å². The number of fused-ring (bicyclic) bond motifs is 1. The zero-order valence-corrected chi connectivity index (χ0v) is 19.1. The van der Waals surface area contributed by atoms with Crippen molar-refractivity contribution in [2.75, 3.05) is 39.9 Å². The van der Waals surface area contributed by atoms with Crippen LogP contribution in [-0.4, -0.2) is 89.0 Å². The Morgan fingerprint density at radius 2 is 1.84 bits per heavy atom. The quantitative estimate of drug-likeness (QED) is 0.710. The number of carbonyl (C=O) groups excluding carboxylic acids is 3. The maximum absolute atomic E-state index is 13.6. The Bertz CT molecular complexity index is 1030. The molecular formula is C24H30N4O4. The number of nitrogens with zero attached hydrogens (tertiary/aromatic N) is 4. The third-order valence-electron chi connectivity index (χ3n) is 6.72. The van der Waals surface area contributed by atoms with E-state index in [2.05, 4.69) is 0 Å². The number of benzene rings is 1. The first-order valence-corrected chi connectivity index (χ1v) is 11.0. The molecule has 170 valence electrons. The van der Waals surface area contributed by atoms with Crippen LogP contribution in [0.5, 0.6) is 0 Å². The molecule has 2 aliphatic rings. The number of ether oxygens (including phenoxy) is 1. The number of amides is 3. The number of piperazine rings is 2. The van der Waals surface area contributed by atoms with Crippen LogP contribution in [0.15, 0.2) is 36.4 Å². The van der Waals surface area contributed by atoms with Gasteiger partial charge in [0.1, 0.15) is 12.1 Å². The van der Waals surface area contributed by atoms with Crippen LogP contribution in [0.1, 0.15) is 23.0 Å². The lowest BCUT2D eigenvalue weighted by atomic mass is 10.0. The van der Waals surface area contributed by atoms with Crippen LogP contribution in [0.2, 0.25) is 0 Å². The topological polar surface area (TPSA) is 75.1 Å². The highest BCUT2D eigenvalue weighted by Gasteiger charge is 2.47. The summed E-state index contributed by atoms with van der Waals surface area (Å²) in [6.45, 7) is 5.74. The normalized spacial score (nSPS) is 21.2. The van der Waals surface area contributed by atoms with E-state index < -0.39 is 12.1 Å². The Morgan fingerprint density at radius 3 is 2.53 bits per heavy atom. The van der Waals surface area contributed by atoms with Crippen LogP contribution in [-0.2, 0) is 21.4 Å². The van der Waals surface area contributed by atoms with Gasteiger partial charge in [0.15, 0.2) is 0 Å². The van der Waals surface area contributed by atoms with Crippen molar-refractivity contribution in [2.24, 2.45) is 7.05 Å². The van der Waals surface area contributed by atoms with Gasteiger partial charge in [0.2, 0.25) is 11.8 Å². The van der Waals surface area contributed by atoms with Crippen molar-refractivity contribution in [3.63, 3.8) is 0 Å². The maximum atomic E-state index is 13.6. The van der Waals surface area contributed by atoms with E-state index in [9.17, 15) is 14.4 Å². The van der Waals surface area contributed by atoms with Crippen molar-refractivity contribution in [1.29, 1.82) is 0 Å². The van der Waals surface area contributed by atoms with Gasteiger partial charge in [-0.25, -0.2) is 0 Å². The van der Waals surface area contributed by atoms with E-state index in [0.717, 1.165) is 17.0 Å². The highest BCUT2D eigenvalue weighted by atomic mass is 16.5. The molecule has 2 aliphatic heterocycles. The Morgan fingerprint density at radius 1 is 1.12 bits per heavy atom. The summed E-state index contributed by atoms with van der Waals surface area (Å²) in [7, 11) is 3.53. The number of methoxy groups -OCH3 is 1. The monoisotopic (exact) mass is 438 g/mol. The lowest BCUT2D eigenvalue weighted by molar-refractivity contribution is -0.160. The SMILES string of the molecule is COCCN1CCN2C(=O)[C@H](C)N(C(=O)c3cc(-c4ccccc4)n(C)c3C)C[C@H]2C1=O. The van der Waals surface area contributed by atoms with Crippen molar-refractivity contribution in [1.82, 2.24) is 19.3 Å². The minimum atomic E-state index is -0.647. The molecule has 1 aromatic heterocycles. The first-order chi connectivity index (χ1) is 15.3. The molecule has 4 rings (SSSR count). The van der Waals surface area contributed by atoms with E-state index >= 15 is 0 Å². The average Bonchev–Trinajstić information content (AvgIpc) is 3.10. The standard InChI is InChI=1S/C24H30N4O4/c1-16-19(14-20(25(16)3)18-8-6-5-7-9-18)23(30)28-15-21-24(31)26(12-13-32-4)10-11-27(21)22(29)17(28)2/h5-9,14,17,21H,10-13,15H2,1-4H3/t17-,21-/m0/s1. The van der Waals surface area contributed by atoms with Crippen LogP contribution in [0.3, 0.4) is 0 Å². The van der Waals surface area contributed by atoms with Crippen molar-refractivity contribution in [2.45, 2.75) is 25.9 Å². The molecule has 1 aromatic carbocycles. The van der Waals surface area contributed by atoms with E-state index in [4.69, 9.17) is 4.74 Å². The molecule has 3 amide bonds. The largest absolute Gasteiger partial charge is 0.383 e. The molecule has 0 N–H and O–H groups in total. The van der Waals surface area contributed by atoms with Gasteiger partial charge in [0.25, 0.3) is 5.91 Å². The molecule has 8 nitrogen and oxygen atoms in total. The van der Waals surface area contributed by atoms with Gasteiger partial charge in [-0.2, -0.15) is 0 Å². The summed E-state index contributed by atoms with van der Waals surface area (Å²) in [5.74, 6) is -0.519. The Balaban J connectivity index is 1.62. The fourth-order valence-electron chi connectivity index (χ4n) is 4.64. The summed E-state index contributed by atoms with van der Waals surface area (Å²) in [5, 5.41) is 0. The van der Waals surface area contributed by atoms with Crippen LogP contribution < -0.4 is 0 Å². The molecule has 0 aliphatic carbocycles. The van der Waals surface area contributed by atoms with E-state index in [-0.39, 0.29) is 24.3 Å². The van der Waals surface area contributed by atoms with Gasteiger partial charge in [0.05, 0.1) is 18.7 Å². The molecule has 32 heavy (non-hydrogen) atoms. The fourth-order valence-corrected chi connectivity index (χ4v) is 4.64. The third kappa shape index (κ3) is 3.68. The van der Waals surface area contributed by atoms with Gasteiger partial charge in [-0.15, -0.1) is 0 Å². The predicted octanol–water partition coefficient (Wildman–Crippen LogP) is 1.53. The third-order valence-corrected chi connectivity index (χ3v) is 6.72. The zero-order valence-electron chi connectivity index (χ0n) is 19.1. The smallest absolute Gasteiger partial charge is 0.256 e. The van der Waals surface area contributed by atoms with Gasteiger partial charge < -0.3 is 24.0 Å². The van der Waals surface area contributed by atoms with E-state index in [1.807, 2.05) is 54.9 Å². The highest BCUT2D eigenvalue weighted by Crippen LogP contribution is 2.28. The Kier molecular flexibility index (Phi) is 6.06. The van der Waals surface area contributed by atoms with Gasteiger partial charge in [-0.1, -0.05) is 30.3 Å². The lowest BCUT2D eigenvalue weighted by Crippen LogP contribution is -2.70. The van der Waals surface area contributed by atoms with Gasteiger partial charge in [-0.3, -0.25) is 14.4 Å². The van der Waals surface area contributed by atoms with Crippen molar-refractivity contribution >= 4 is 17.7 Å². The van der Waals surface area contributed by atoms with Crippen molar-refractivity contribution in [3.8, 4) is 11.3 Å². The second kappa shape index (κ2) is 8.78. The molecular weight excluding hydrogens is 408 g/mol. The Hall–Kier alpha value is -3.13. The number of hydrogen-bond donors (Lipinski definition) is 0. The van der Waals surface area contributed by atoms with E-state index in [0.29, 0.717) is 31.8 Å². The average molecular weight is 439 g/mol. The maximum Gasteiger partial charge on any atom is 0.256 e. The molecule has 2 atom stereocenters. The van der Waals surface area contributed by atoms with Crippen LogP contribution in [0.4, 0.5) is 0 Å². The summed E-state index contributed by atoms with van der Waals surface area (Å²) in [6.07, 6.45) is 0. The van der Waals surface area contributed by atoms with E-state index in [1.54, 1.807) is 28.7 Å². The van der Waals surface area contributed by atoms with Crippen molar-refractivity contribution in [3.05, 3.63) is 47.7 Å². The molecule has 3 heterocycles. The van der Waals surface area contributed by atoms with Crippen LogP contribution >= 0.6 is 0 Å². The molecule has 8 heteroatoms. The number of rotatable bonds is 5. The zero-order chi connectivity index (χ0) is 23.0. The minimum Gasteiger partial charge on any atom is -0.383 e. The fraction of sp³-hybridized carbons (Fsp3) is 0.458. The summed E-state index contributed by atoms with van der Waals surface area (Å²) in [5.41, 5.74) is 3.33. The number of aromatic nitrogens is 1. The summed E-state index contributed by atoms with van der Waals surface area (Å²) >= 11 is 0. The van der Waals surface area contributed by atoms with Crippen molar-refractivity contribution < 1.29 is 19.1 Å². The first kappa shape index (κ1) is 22.1. The number of carbonyl (C=O) groups is 3. The minimum absolute atomic E-state index is 0.124. The summed E-state index contributed by atoms with van der Waals surface area (Å²) in [4.78, 5) is 44.7. The van der Waals surface area contributed by atoms with Gasteiger partial charge in [0, 0.05) is 45.2 Å². The van der Waals surface area contributed by atoms with Gasteiger partial charge >= 0.3 is 0 Å². The summed E-state index contributed by atoms with van der Waals surface area (Å²) < 4.78 is 7.10. The highest BCUT2D eigenvalue weighted by molar-refractivity contribution is 6.02. The molecule has 0 radical (unpaired) electrons. The van der Waals surface area contributed by atoms with Crippen LogP contribution in [0.25, 0.3) is 11.3 Å². The molecule has 0 saturated carbocycles. The second-order valence-electron chi connectivity index (χ2n) is 8.45. The Labute approximate surface area is 188 Å². The molecule has 0 unspecified atom stereocenters. The first-order valence-electron chi connectivity index (χ1n) is 11.0. The molecule has 2 fully saturated rings. The summed E-state index contributed by atoms with van der Waals surface area (Å²) in [6, 6.07) is 10.5.